The zero-order valence-electron chi connectivity index (χ0n) is 14.2. The molecule has 7 nitrogen and oxygen atoms in total. The number of anilines is 1. The number of guanidine groups is 1. The number of rotatable bonds is 5. The summed E-state index contributed by atoms with van der Waals surface area (Å²) in [5.41, 5.74) is 6.42. The highest BCUT2D eigenvalue weighted by atomic mass is 127. The average molecular weight is 446 g/mol. The maximum atomic E-state index is 6.20. The van der Waals surface area contributed by atoms with Crippen LogP contribution in [0.15, 0.2) is 23.5 Å². The van der Waals surface area contributed by atoms with Crippen LogP contribution >= 0.6 is 24.0 Å². The molecule has 1 aromatic rings. The number of hydrogen-bond donors (Lipinski definition) is 1. The summed E-state index contributed by atoms with van der Waals surface area (Å²) in [6.45, 7) is 4.99. The molecular weight excluding hydrogens is 419 g/mol. The Morgan fingerprint density at radius 1 is 1.25 bits per heavy atom. The third kappa shape index (κ3) is 4.47. The molecule has 1 saturated carbocycles. The highest BCUT2D eigenvalue weighted by Gasteiger charge is 2.37. The van der Waals surface area contributed by atoms with Gasteiger partial charge in [0.05, 0.1) is 13.2 Å². The fourth-order valence-electron chi connectivity index (χ4n) is 3.27. The number of aromatic nitrogens is 2. The van der Waals surface area contributed by atoms with Crippen LogP contribution in [0.1, 0.15) is 19.3 Å². The van der Waals surface area contributed by atoms with E-state index in [4.69, 9.17) is 10.5 Å². The van der Waals surface area contributed by atoms with Gasteiger partial charge in [-0.3, -0.25) is 4.99 Å². The zero-order valence-corrected chi connectivity index (χ0v) is 16.6. The van der Waals surface area contributed by atoms with Crippen LogP contribution in [0.2, 0.25) is 0 Å². The van der Waals surface area contributed by atoms with Crippen LogP contribution in [0.25, 0.3) is 0 Å². The Morgan fingerprint density at radius 3 is 2.46 bits per heavy atom. The van der Waals surface area contributed by atoms with E-state index in [1.165, 1.54) is 19.3 Å². The Balaban J connectivity index is 0.00000208. The van der Waals surface area contributed by atoms with Crippen molar-refractivity contribution >= 4 is 35.9 Å². The summed E-state index contributed by atoms with van der Waals surface area (Å²) >= 11 is 0. The molecule has 0 aromatic carbocycles. The van der Waals surface area contributed by atoms with E-state index in [1.807, 2.05) is 6.07 Å². The molecule has 1 aromatic heterocycles. The van der Waals surface area contributed by atoms with Gasteiger partial charge in [0.25, 0.3) is 0 Å². The standard InChI is InChI=1S/C16H26N6O.HI/c1-23-13-16(4-2-5-16)12-20-14(17)21-8-10-22(11-9-21)15-18-6-3-7-19-15;/h3,6-7H,2,4-5,8-13H2,1H3,(H2,17,20);1H. The van der Waals surface area contributed by atoms with E-state index in [0.717, 1.165) is 45.3 Å². The lowest BCUT2D eigenvalue weighted by atomic mass is 9.69. The molecule has 134 valence electrons. The highest BCUT2D eigenvalue weighted by molar-refractivity contribution is 14.0. The molecule has 1 aliphatic carbocycles. The number of ether oxygens (including phenoxy) is 1. The van der Waals surface area contributed by atoms with Gasteiger partial charge in [-0.1, -0.05) is 6.42 Å². The first-order valence-electron chi connectivity index (χ1n) is 8.28. The molecule has 8 heteroatoms. The first kappa shape index (κ1) is 19.2. The molecule has 0 unspecified atom stereocenters. The smallest absolute Gasteiger partial charge is 0.225 e. The second-order valence-electron chi connectivity index (χ2n) is 6.48. The fourth-order valence-corrected chi connectivity index (χ4v) is 3.27. The fraction of sp³-hybridized carbons (Fsp3) is 0.688. The van der Waals surface area contributed by atoms with Crippen molar-refractivity contribution in [1.82, 2.24) is 14.9 Å². The van der Waals surface area contributed by atoms with Crippen LogP contribution in [0.5, 0.6) is 0 Å². The summed E-state index contributed by atoms with van der Waals surface area (Å²) in [5, 5.41) is 0. The molecule has 1 aliphatic heterocycles. The molecular formula is C16H27IN6O. The second-order valence-corrected chi connectivity index (χ2v) is 6.48. The Labute approximate surface area is 160 Å². The van der Waals surface area contributed by atoms with Crippen molar-refractivity contribution in [2.45, 2.75) is 19.3 Å². The van der Waals surface area contributed by atoms with Crippen LogP contribution in [0, 0.1) is 5.41 Å². The van der Waals surface area contributed by atoms with Crippen molar-refractivity contribution in [3.63, 3.8) is 0 Å². The lowest BCUT2D eigenvalue weighted by Crippen LogP contribution is -2.52. The first-order valence-corrected chi connectivity index (χ1v) is 8.28. The van der Waals surface area contributed by atoms with Crippen LogP contribution in [-0.4, -0.2) is 67.3 Å². The molecule has 2 aliphatic rings. The molecule has 0 atom stereocenters. The summed E-state index contributed by atoms with van der Waals surface area (Å²) in [4.78, 5) is 17.6. The zero-order chi connectivity index (χ0) is 16.1. The molecule has 0 spiro atoms. The quantitative estimate of drug-likeness (QED) is 0.418. The van der Waals surface area contributed by atoms with Crippen LogP contribution < -0.4 is 10.6 Å². The van der Waals surface area contributed by atoms with E-state index < -0.39 is 0 Å². The van der Waals surface area contributed by atoms with Crippen molar-refractivity contribution in [1.29, 1.82) is 0 Å². The summed E-state index contributed by atoms with van der Waals surface area (Å²) in [6.07, 6.45) is 7.21. The Morgan fingerprint density at radius 2 is 1.92 bits per heavy atom. The maximum absolute atomic E-state index is 6.20. The molecule has 2 heterocycles. The van der Waals surface area contributed by atoms with Crippen molar-refractivity contribution in [3.05, 3.63) is 18.5 Å². The van der Waals surface area contributed by atoms with E-state index in [1.54, 1.807) is 19.5 Å². The molecule has 3 rings (SSSR count). The van der Waals surface area contributed by atoms with E-state index in [9.17, 15) is 0 Å². The molecule has 2 N–H and O–H groups in total. The predicted octanol–water partition coefficient (Wildman–Crippen LogP) is 1.35. The molecule has 0 radical (unpaired) electrons. The van der Waals surface area contributed by atoms with Crippen LogP contribution in [0.3, 0.4) is 0 Å². The van der Waals surface area contributed by atoms with Gasteiger partial charge in [-0.15, -0.1) is 24.0 Å². The lowest BCUT2D eigenvalue weighted by molar-refractivity contribution is 0.0251. The van der Waals surface area contributed by atoms with Gasteiger partial charge < -0.3 is 20.3 Å². The Hall–Kier alpha value is -1.16. The molecule has 1 saturated heterocycles. The second kappa shape index (κ2) is 8.80. The molecule has 24 heavy (non-hydrogen) atoms. The summed E-state index contributed by atoms with van der Waals surface area (Å²) < 4.78 is 5.35. The Kier molecular flexibility index (Phi) is 7.02. The van der Waals surface area contributed by atoms with Gasteiger partial charge in [0, 0.05) is 51.1 Å². The summed E-state index contributed by atoms with van der Waals surface area (Å²) in [6, 6.07) is 1.83. The van der Waals surface area contributed by atoms with E-state index in [-0.39, 0.29) is 29.4 Å². The third-order valence-corrected chi connectivity index (χ3v) is 4.88. The monoisotopic (exact) mass is 446 g/mol. The van der Waals surface area contributed by atoms with Gasteiger partial charge in [0.2, 0.25) is 5.95 Å². The van der Waals surface area contributed by atoms with Gasteiger partial charge in [0.15, 0.2) is 5.96 Å². The predicted molar refractivity (Wildman–Crippen MR) is 106 cm³/mol. The SMILES string of the molecule is COCC1(CN=C(N)N2CCN(c3ncccn3)CC2)CCC1.I. The van der Waals surface area contributed by atoms with Gasteiger partial charge in [0.1, 0.15) is 0 Å². The van der Waals surface area contributed by atoms with Gasteiger partial charge in [-0.2, -0.15) is 0 Å². The van der Waals surface area contributed by atoms with E-state index >= 15 is 0 Å². The van der Waals surface area contributed by atoms with Crippen molar-refractivity contribution < 1.29 is 4.74 Å². The minimum absolute atomic E-state index is 0. The normalized spacial score (nSPS) is 20.3. The largest absolute Gasteiger partial charge is 0.384 e. The van der Waals surface area contributed by atoms with Crippen LogP contribution in [-0.2, 0) is 4.74 Å². The third-order valence-electron chi connectivity index (χ3n) is 4.88. The van der Waals surface area contributed by atoms with Crippen molar-refractivity contribution in [3.8, 4) is 0 Å². The van der Waals surface area contributed by atoms with Crippen molar-refractivity contribution in [2.75, 3.05) is 51.3 Å². The molecule has 0 bridgehead atoms. The number of aliphatic imine (C=N–C) groups is 1. The Bertz CT molecular complexity index is 529. The average Bonchev–Trinajstić information content (AvgIpc) is 2.58. The van der Waals surface area contributed by atoms with E-state index in [2.05, 4.69) is 24.8 Å². The van der Waals surface area contributed by atoms with Gasteiger partial charge >= 0.3 is 0 Å². The number of methoxy groups -OCH3 is 1. The summed E-state index contributed by atoms with van der Waals surface area (Å²) in [7, 11) is 1.76. The van der Waals surface area contributed by atoms with Crippen LogP contribution in [0.4, 0.5) is 5.95 Å². The van der Waals surface area contributed by atoms with E-state index in [0.29, 0.717) is 5.96 Å². The number of halogens is 1. The highest BCUT2D eigenvalue weighted by Crippen LogP contribution is 2.41. The molecule has 0 amide bonds. The van der Waals surface area contributed by atoms with Gasteiger partial charge in [-0.25, -0.2) is 9.97 Å². The number of hydrogen-bond acceptors (Lipinski definition) is 5. The first-order chi connectivity index (χ1) is 11.2. The number of nitrogens with two attached hydrogens (primary N) is 1. The van der Waals surface area contributed by atoms with Crippen molar-refractivity contribution in [2.24, 2.45) is 16.1 Å². The number of piperazine rings is 1. The molecule has 2 fully saturated rings. The minimum atomic E-state index is 0. The minimum Gasteiger partial charge on any atom is -0.384 e. The lowest BCUT2D eigenvalue weighted by Gasteiger charge is -2.40. The maximum Gasteiger partial charge on any atom is 0.225 e. The van der Waals surface area contributed by atoms with Gasteiger partial charge in [-0.05, 0) is 18.9 Å². The summed E-state index contributed by atoms with van der Waals surface area (Å²) in [5.74, 6) is 1.44. The number of nitrogens with zero attached hydrogens (tertiary/aromatic N) is 5. The topological polar surface area (TPSA) is 79.9 Å².